The van der Waals surface area contributed by atoms with E-state index >= 15 is 0 Å². The predicted octanol–water partition coefficient (Wildman–Crippen LogP) is 3.76. The largest absolute Gasteiger partial charge is 0.496 e. The van der Waals surface area contributed by atoms with E-state index in [-0.39, 0.29) is 24.2 Å². The van der Waals surface area contributed by atoms with Crippen molar-refractivity contribution in [1.29, 1.82) is 0 Å². The lowest BCUT2D eigenvalue weighted by Crippen LogP contribution is -2.54. The molecule has 1 aromatic carbocycles. The summed E-state index contributed by atoms with van der Waals surface area (Å²) in [5.41, 5.74) is 9.36. The van der Waals surface area contributed by atoms with Crippen LogP contribution in [0.4, 0.5) is 20.5 Å². The van der Waals surface area contributed by atoms with E-state index in [4.69, 9.17) is 10.5 Å². The van der Waals surface area contributed by atoms with E-state index in [1.807, 2.05) is 24.8 Å². The van der Waals surface area contributed by atoms with Crippen LogP contribution < -0.4 is 15.8 Å². The summed E-state index contributed by atoms with van der Waals surface area (Å²) in [5, 5.41) is 7.93. The summed E-state index contributed by atoms with van der Waals surface area (Å²) >= 11 is 0. The van der Waals surface area contributed by atoms with Crippen LogP contribution in [0.25, 0.3) is 11.0 Å². The van der Waals surface area contributed by atoms with Crippen LogP contribution in [0.1, 0.15) is 36.8 Å². The molecule has 2 aliphatic carbocycles. The zero-order chi connectivity index (χ0) is 24.1. The number of anilines is 2. The van der Waals surface area contributed by atoms with E-state index in [9.17, 15) is 8.78 Å². The molecule has 2 aliphatic rings. The summed E-state index contributed by atoms with van der Waals surface area (Å²) in [6.07, 6.45) is 3.40. The lowest BCUT2D eigenvalue weighted by molar-refractivity contribution is -0.204. The van der Waals surface area contributed by atoms with Crippen LogP contribution in [0.3, 0.4) is 0 Å². The zero-order valence-electron chi connectivity index (χ0n) is 19.8. The maximum Gasteiger partial charge on any atom is 0.249 e. The van der Waals surface area contributed by atoms with Crippen molar-refractivity contribution in [3.63, 3.8) is 0 Å². The Balaban J connectivity index is 1.33. The smallest absolute Gasteiger partial charge is 0.249 e. The first-order valence-electron chi connectivity index (χ1n) is 11.6. The van der Waals surface area contributed by atoms with Crippen LogP contribution in [-0.4, -0.2) is 58.3 Å². The second kappa shape index (κ2) is 8.33. The Morgan fingerprint density at radius 2 is 2.00 bits per heavy atom. The minimum Gasteiger partial charge on any atom is -0.496 e. The Hall–Kier alpha value is -3.01. The number of halogens is 2. The molecule has 0 aliphatic heterocycles. The standard InChI is InChI=1S/C24H31F2N7O/c1-32(2)11-15-4-5-17(19(6-15)34-3)12-33-20-18(10-29-33)30-22(27)31-21(20)28-9-16-7-23(8-16)13-24(25,26)14-23/h4-6,10,16H,7-9,11-14H2,1-3H3,(H3,27,28,30,31). The monoisotopic (exact) mass is 471 g/mol. The van der Waals surface area contributed by atoms with Gasteiger partial charge in [0.05, 0.1) is 19.9 Å². The normalized spacial score (nSPS) is 18.8. The van der Waals surface area contributed by atoms with E-state index in [1.54, 1.807) is 13.3 Å². The number of nitrogens with two attached hydrogens (primary N) is 1. The van der Waals surface area contributed by atoms with E-state index in [0.29, 0.717) is 30.3 Å². The number of nitrogens with one attached hydrogen (secondary N) is 1. The number of nitrogen functional groups attached to an aromatic ring is 1. The van der Waals surface area contributed by atoms with Gasteiger partial charge in [0, 0.05) is 31.5 Å². The first-order chi connectivity index (χ1) is 16.2. The fourth-order valence-electron chi connectivity index (χ4n) is 5.69. The number of rotatable bonds is 8. The topological polar surface area (TPSA) is 94.1 Å². The van der Waals surface area contributed by atoms with Gasteiger partial charge in [0.15, 0.2) is 5.82 Å². The predicted molar refractivity (Wildman–Crippen MR) is 127 cm³/mol. The van der Waals surface area contributed by atoms with Crippen molar-refractivity contribution in [3.05, 3.63) is 35.5 Å². The molecule has 8 nitrogen and oxygen atoms in total. The molecule has 34 heavy (non-hydrogen) atoms. The van der Waals surface area contributed by atoms with Crippen molar-refractivity contribution in [3.8, 4) is 5.75 Å². The molecule has 10 heteroatoms. The Morgan fingerprint density at radius 1 is 1.24 bits per heavy atom. The Bertz CT molecular complexity index is 1190. The zero-order valence-corrected chi connectivity index (χ0v) is 19.8. The average molecular weight is 472 g/mol. The summed E-state index contributed by atoms with van der Waals surface area (Å²) in [6.45, 7) is 1.97. The molecular weight excluding hydrogens is 440 g/mol. The lowest BCUT2D eigenvalue weighted by atomic mass is 9.50. The maximum absolute atomic E-state index is 13.3. The molecule has 0 radical (unpaired) electrons. The SMILES string of the molecule is COc1cc(CN(C)C)ccc1Cn1ncc2nc(N)nc(NCC3CC4(C3)CC(F)(F)C4)c21. The number of ether oxygens (including phenoxy) is 1. The molecule has 5 rings (SSSR count). The van der Waals surface area contributed by atoms with Crippen LogP contribution >= 0.6 is 0 Å². The van der Waals surface area contributed by atoms with Crippen LogP contribution in [0, 0.1) is 11.3 Å². The van der Waals surface area contributed by atoms with E-state index in [2.05, 4.69) is 37.4 Å². The molecule has 0 amide bonds. The average Bonchev–Trinajstić information content (AvgIpc) is 3.11. The fraction of sp³-hybridized carbons (Fsp3) is 0.542. The quantitative estimate of drug-likeness (QED) is 0.517. The third kappa shape index (κ3) is 4.38. The number of nitrogens with zero attached hydrogens (tertiary/aromatic N) is 5. The Morgan fingerprint density at radius 3 is 2.68 bits per heavy atom. The van der Waals surface area contributed by atoms with Crippen LogP contribution in [-0.2, 0) is 13.1 Å². The number of methoxy groups -OCH3 is 1. The maximum atomic E-state index is 13.3. The molecule has 3 aromatic rings. The molecule has 2 fully saturated rings. The summed E-state index contributed by atoms with van der Waals surface area (Å²) in [5.74, 6) is -0.537. The molecule has 182 valence electrons. The molecule has 0 atom stereocenters. The minimum atomic E-state index is -2.47. The lowest BCUT2D eigenvalue weighted by Gasteiger charge is -2.57. The van der Waals surface area contributed by atoms with Crippen molar-refractivity contribution < 1.29 is 13.5 Å². The molecule has 2 heterocycles. The number of alkyl halides is 2. The second-order valence-corrected chi connectivity index (χ2v) is 10.2. The Labute approximate surface area is 197 Å². The second-order valence-electron chi connectivity index (χ2n) is 10.2. The van der Waals surface area contributed by atoms with Gasteiger partial charge < -0.3 is 20.7 Å². The van der Waals surface area contributed by atoms with E-state index in [0.717, 1.165) is 41.8 Å². The summed E-state index contributed by atoms with van der Waals surface area (Å²) in [4.78, 5) is 10.9. The minimum absolute atomic E-state index is 0.0309. The highest BCUT2D eigenvalue weighted by molar-refractivity contribution is 5.86. The molecule has 3 N–H and O–H groups in total. The van der Waals surface area contributed by atoms with Gasteiger partial charge in [-0.25, -0.2) is 13.8 Å². The molecule has 0 saturated heterocycles. The number of benzene rings is 1. The highest BCUT2D eigenvalue weighted by Crippen LogP contribution is 2.64. The summed E-state index contributed by atoms with van der Waals surface area (Å²) in [7, 11) is 5.72. The van der Waals surface area contributed by atoms with Crippen molar-refractivity contribution >= 4 is 22.8 Å². The highest BCUT2D eigenvalue weighted by Gasteiger charge is 2.61. The first kappa shape index (κ1) is 22.8. The van der Waals surface area contributed by atoms with Gasteiger partial charge in [0.2, 0.25) is 11.9 Å². The third-order valence-electron chi connectivity index (χ3n) is 6.95. The van der Waals surface area contributed by atoms with Gasteiger partial charge in [0.1, 0.15) is 16.8 Å². The van der Waals surface area contributed by atoms with Gasteiger partial charge in [-0.1, -0.05) is 12.1 Å². The van der Waals surface area contributed by atoms with Gasteiger partial charge in [-0.3, -0.25) is 4.68 Å². The number of aromatic nitrogens is 4. The highest BCUT2D eigenvalue weighted by atomic mass is 19.3. The van der Waals surface area contributed by atoms with E-state index in [1.165, 1.54) is 0 Å². The summed E-state index contributed by atoms with van der Waals surface area (Å²) in [6, 6.07) is 6.19. The Kier molecular flexibility index (Phi) is 5.58. The van der Waals surface area contributed by atoms with Gasteiger partial charge in [-0.15, -0.1) is 0 Å². The van der Waals surface area contributed by atoms with Crippen molar-refractivity contribution in [2.24, 2.45) is 11.3 Å². The molecule has 2 saturated carbocycles. The van der Waals surface area contributed by atoms with Gasteiger partial charge >= 0.3 is 0 Å². The van der Waals surface area contributed by atoms with Gasteiger partial charge in [-0.05, 0) is 49.9 Å². The van der Waals surface area contributed by atoms with Crippen molar-refractivity contribution in [1.82, 2.24) is 24.6 Å². The number of fused-ring (bicyclic) bond motifs is 1. The van der Waals surface area contributed by atoms with Crippen LogP contribution in [0.15, 0.2) is 24.4 Å². The van der Waals surface area contributed by atoms with Crippen LogP contribution in [0.5, 0.6) is 5.75 Å². The fourth-order valence-corrected chi connectivity index (χ4v) is 5.69. The van der Waals surface area contributed by atoms with Crippen molar-refractivity contribution in [2.45, 2.75) is 44.7 Å². The van der Waals surface area contributed by atoms with Crippen molar-refractivity contribution in [2.75, 3.05) is 38.8 Å². The molecule has 1 spiro atoms. The first-order valence-corrected chi connectivity index (χ1v) is 11.6. The molecular formula is C24H31F2N7O. The molecule has 2 aromatic heterocycles. The van der Waals surface area contributed by atoms with Gasteiger partial charge in [0.25, 0.3) is 0 Å². The molecule has 0 unspecified atom stereocenters. The van der Waals surface area contributed by atoms with Gasteiger partial charge in [-0.2, -0.15) is 10.1 Å². The third-order valence-corrected chi connectivity index (χ3v) is 6.95. The molecule has 0 bridgehead atoms. The summed E-state index contributed by atoms with van der Waals surface area (Å²) < 4.78 is 34.1. The number of hydrogen-bond donors (Lipinski definition) is 2. The van der Waals surface area contributed by atoms with Crippen LogP contribution in [0.2, 0.25) is 0 Å². The van der Waals surface area contributed by atoms with E-state index < -0.39 is 5.92 Å². The number of hydrogen-bond acceptors (Lipinski definition) is 7.